The number of carbonyl (C=O) groups is 1. The second-order valence-corrected chi connectivity index (χ2v) is 6.69. The monoisotopic (exact) mass is 309 g/mol. The minimum Gasteiger partial charge on any atom is -0.468 e. The fraction of sp³-hybridized carbons (Fsp3) is 0.667. The van der Waals surface area contributed by atoms with Crippen LogP contribution < -0.4 is 5.32 Å². The van der Waals surface area contributed by atoms with Crippen molar-refractivity contribution in [1.29, 1.82) is 0 Å². The lowest BCUT2D eigenvalue weighted by Gasteiger charge is -2.38. The summed E-state index contributed by atoms with van der Waals surface area (Å²) >= 11 is 1.66. The lowest BCUT2D eigenvalue weighted by atomic mass is 9.81. The number of aromatic nitrogens is 2. The van der Waals surface area contributed by atoms with Gasteiger partial charge in [-0.15, -0.1) is 0 Å². The Morgan fingerprint density at radius 1 is 1.62 bits per heavy atom. The third kappa shape index (κ3) is 3.95. The summed E-state index contributed by atoms with van der Waals surface area (Å²) in [6.07, 6.45) is 5.46. The van der Waals surface area contributed by atoms with E-state index >= 15 is 0 Å². The highest BCUT2D eigenvalue weighted by atomic mass is 32.2. The Hall–Kier alpha value is -1.14. The summed E-state index contributed by atoms with van der Waals surface area (Å²) in [6.45, 7) is 4.74. The Labute approximate surface area is 130 Å². The van der Waals surface area contributed by atoms with Crippen LogP contribution in [-0.4, -0.2) is 40.4 Å². The van der Waals surface area contributed by atoms with Crippen LogP contribution in [0.4, 0.5) is 0 Å². The molecule has 2 unspecified atom stereocenters. The van der Waals surface area contributed by atoms with Crippen LogP contribution >= 0.6 is 11.8 Å². The zero-order chi connectivity index (χ0) is 15.3. The average molecular weight is 309 g/mol. The summed E-state index contributed by atoms with van der Waals surface area (Å²) < 4.78 is 5.02. The van der Waals surface area contributed by atoms with E-state index in [4.69, 9.17) is 4.74 Å². The van der Waals surface area contributed by atoms with Gasteiger partial charge in [-0.25, -0.2) is 9.97 Å². The highest BCUT2D eigenvalue weighted by molar-refractivity contribution is 7.99. The first-order chi connectivity index (χ1) is 10.1. The van der Waals surface area contributed by atoms with E-state index in [1.807, 2.05) is 19.9 Å². The van der Waals surface area contributed by atoms with E-state index < -0.39 is 5.54 Å². The maximum Gasteiger partial charge on any atom is 0.326 e. The topological polar surface area (TPSA) is 64.1 Å². The molecular formula is C15H23N3O2S. The molecule has 1 saturated carbocycles. The third-order valence-corrected chi connectivity index (χ3v) is 4.99. The van der Waals surface area contributed by atoms with Gasteiger partial charge in [-0.05, 0) is 45.2 Å². The van der Waals surface area contributed by atoms with E-state index in [0.29, 0.717) is 5.25 Å². The van der Waals surface area contributed by atoms with Crippen molar-refractivity contribution in [2.45, 2.75) is 55.5 Å². The van der Waals surface area contributed by atoms with Gasteiger partial charge in [0.15, 0.2) is 5.16 Å². The summed E-state index contributed by atoms with van der Waals surface area (Å²) in [6, 6.07) is 1.89. The van der Waals surface area contributed by atoms with Crippen LogP contribution in [0.1, 0.15) is 38.3 Å². The van der Waals surface area contributed by atoms with Crippen LogP contribution in [0.5, 0.6) is 0 Å². The highest BCUT2D eigenvalue weighted by Crippen LogP contribution is 2.37. The maximum absolute atomic E-state index is 12.2. The first-order valence-corrected chi connectivity index (χ1v) is 8.27. The second kappa shape index (κ2) is 7.22. The number of rotatable bonds is 5. The number of carbonyl (C=O) groups excluding carboxylic acids is 1. The average Bonchev–Trinajstić information content (AvgIpc) is 2.47. The molecule has 0 aromatic carbocycles. The summed E-state index contributed by atoms with van der Waals surface area (Å²) in [5.41, 5.74) is 0.415. The molecule has 1 aliphatic rings. The van der Waals surface area contributed by atoms with Crippen molar-refractivity contribution >= 4 is 17.7 Å². The number of ether oxygens (including phenoxy) is 1. The lowest BCUT2D eigenvalue weighted by Crippen LogP contribution is -2.56. The minimum atomic E-state index is -0.552. The fourth-order valence-corrected chi connectivity index (χ4v) is 4.18. The molecule has 1 aliphatic carbocycles. The van der Waals surface area contributed by atoms with Crippen molar-refractivity contribution in [3.63, 3.8) is 0 Å². The number of nitrogens with zero attached hydrogens (tertiary/aromatic N) is 2. The van der Waals surface area contributed by atoms with Gasteiger partial charge in [0.1, 0.15) is 5.54 Å². The molecule has 21 heavy (non-hydrogen) atoms. The van der Waals surface area contributed by atoms with Gasteiger partial charge in [0, 0.05) is 17.1 Å². The Morgan fingerprint density at radius 3 is 3.10 bits per heavy atom. The van der Waals surface area contributed by atoms with E-state index in [1.165, 1.54) is 7.11 Å². The molecular weight excluding hydrogens is 286 g/mol. The van der Waals surface area contributed by atoms with Gasteiger partial charge in [0.2, 0.25) is 0 Å². The van der Waals surface area contributed by atoms with Gasteiger partial charge in [-0.1, -0.05) is 18.7 Å². The summed E-state index contributed by atoms with van der Waals surface area (Å²) in [5.74, 6) is -0.153. The molecule has 5 nitrogen and oxygen atoms in total. The number of thioether (sulfide) groups is 1. The van der Waals surface area contributed by atoms with Crippen molar-refractivity contribution in [2.24, 2.45) is 0 Å². The Balaban J connectivity index is 2.09. The molecule has 0 amide bonds. The summed E-state index contributed by atoms with van der Waals surface area (Å²) in [4.78, 5) is 21.0. The van der Waals surface area contributed by atoms with Gasteiger partial charge in [-0.3, -0.25) is 4.79 Å². The smallest absolute Gasteiger partial charge is 0.326 e. The fourth-order valence-electron chi connectivity index (χ4n) is 2.91. The van der Waals surface area contributed by atoms with Crippen LogP contribution in [0.25, 0.3) is 0 Å². The van der Waals surface area contributed by atoms with Gasteiger partial charge < -0.3 is 10.1 Å². The number of esters is 1. The van der Waals surface area contributed by atoms with E-state index in [0.717, 1.165) is 43.1 Å². The Kier molecular flexibility index (Phi) is 5.58. The summed E-state index contributed by atoms with van der Waals surface area (Å²) in [7, 11) is 1.46. The Morgan fingerprint density at radius 2 is 2.43 bits per heavy atom. The lowest BCUT2D eigenvalue weighted by molar-refractivity contribution is -0.150. The number of methoxy groups -OCH3 is 1. The van der Waals surface area contributed by atoms with Gasteiger partial charge in [0.05, 0.1) is 7.11 Å². The predicted octanol–water partition coefficient (Wildman–Crippen LogP) is 2.34. The molecule has 1 heterocycles. The van der Waals surface area contributed by atoms with Gasteiger partial charge in [0.25, 0.3) is 0 Å². The van der Waals surface area contributed by atoms with E-state index in [9.17, 15) is 4.79 Å². The first-order valence-electron chi connectivity index (χ1n) is 7.39. The van der Waals surface area contributed by atoms with Crippen molar-refractivity contribution in [3.05, 3.63) is 18.0 Å². The molecule has 0 radical (unpaired) electrons. The third-order valence-electron chi connectivity index (χ3n) is 3.84. The van der Waals surface area contributed by atoms with Gasteiger partial charge >= 0.3 is 5.97 Å². The Bertz CT molecular complexity index is 494. The molecule has 1 aromatic rings. The SMILES string of the molecule is CCNC1(C(=O)OC)CCCC(Sc2nccc(C)n2)C1. The van der Waals surface area contributed by atoms with Crippen molar-refractivity contribution in [3.8, 4) is 0 Å². The zero-order valence-corrected chi connectivity index (χ0v) is 13.7. The quantitative estimate of drug-likeness (QED) is 0.665. The molecule has 0 spiro atoms. The molecule has 0 bridgehead atoms. The number of likely N-dealkylation sites (N-methyl/N-ethyl adjacent to an activating group) is 1. The maximum atomic E-state index is 12.2. The molecule has 0 aliphatic heterocycles. The molecule has 2 rings (SSSR count). The van der Waals surface area contributed by atoms with Crippen LogP contribution in [0, 0.1) is 6.92 Å². The molecule has 116 valence electrons. The van der Waals surface area contributed by atoms with Crippen molar-refractivity contribution < 1.29 is 9.53 Å². The minimum absolute atomic E-state index is 0.153. The van der Waals surface area contributed by atoms with Crippen LogP contribution in [-0.2, 0) is 9.53 Å². The number of hydrogen-bond donors (Lipinski definition) is 1. The zero-order valence-electron chi connectivity index (χ0n) is 12.9. The van der Waals surface area contributed by atoms with Crippen LogP contribution in [0.2, 0.25) is 0 Å². The van der Waals surface area contributed by atoms with Crippen molar-refractivity contribution in [1.82, 2.24) is 15.3 Å². The highest BCUT2D eigenvalue weighted by Gasteiger charge is 2.43. The normalized spacial score (nSPS) is 25.6. The second-order valence-electron chi connectivity index (χ2n) is 5.42. The molecule has 1 aromatic heterocycles. The standard InChI is InChI=1S/C15H23N3O2S/c1-4-17-15(13(19)20-3)8-5-6-12(10-15)21-14-16-9-7-11(2)18-14/h7,9,12,17H,4-6,8,10H2,1-3H3. The summed E-state index contributed by atoms with van der Waals surface area (Å²) in [5, 5.41) is 4.47. The van der Waals surface area contributed by atoms with Crippen LogP contribution in [0.3, 0.4) is 0 Å². The van der Waals surface area contributed by atoms with Crippen LogP contribution in [0.15, 0.2) is 17.4 Å². The molecule has 6 heteroatoms. The van der Waals surface area contributed by atoms with E-state index in [1.54, 1.807) is 18.0 Å². The molecule has 1 N–H and O–H groups in total. The number of aryl methyl sites for hydroxylation is 1. The molecule has 1 fully saturated rings. The van der Waals surface area contributed by atoms with Gasteiger partial charge in [-0.2, -0.15) is 0 Å². The first kappa shape index (κ1) is 16.2. The predicted molar refractivity (Wildman–Crippen MR) is 83.3 cm³/mol. The van der Waals surface area contributed by atoms with E-state index in [2.05, 4.69) is 15.3 Å². The molecule has 0 saturated heterocycles. The van der Waals surface area contributed by atoms with E-state index in [-0.39, 0.29) is 5.97 Å². The van der Waals surface area contributed by atoms with Crippen molar-refractivity contribution in [2.75, 3.05) is 13.7 Å². The number of nitrogens with one attached hydrogen (secondary N) is 1. The number of hydrogen-bond acceptors (Lipinski definition) is 6. The largest absolute Gasteiger partial charge is 0.468 e. The molecule has 2 atom stereocenters.